The molecule has 0 radical (unpaired) electrons. The molecule has 0 aromatic rings. The van der Waals surface area contributed by atoms with Crippen molar-refractivity contribution in [1.29, 1.82) is 0 Å². The number of rotatable bonds is 25. The van der Waals surface area contributed by atoms with Crippen molar-refractivity contribution in [3.63, 3.8) is 0 Å². The van der Waals surface area contributed by atoms with Crippen LogP contribution >= 0.6 is 41.2 Å². The summed E-state index contributed by atoms with van der Waals surface area (Å²) >= 11 is 0. The molecule has 206 valence electrons. The van der Waals surface area contributed by atoms with Crippen molar-refractivity contribution in [2.45, 2.75) is 104 Å². The summed E-state index contributed by atoms with van der Waals surface area (Å²) in [7, 11) is 1.51. The first-order valence-corrected chi connectivity index (χ1v) is 21.4. The summed E-state index contributed by atoms with van der Waals surface area (Å²) in [4.78, 5) is 0.271. The van der Waals surface area contributed by atoms with Crippen molar-refractivity contribution >= 4 is 58.8 Å². The molecular weight excluding hydrogens is 545 g/mol. The van der Waals surface area contributed by atoms with E-state index in [9.17, 15) is 0 Å². The first-order valence-electron chi connectivity index (χ1n) is 12.9. The van der Waals surface area contributed by atoms with Crippen LogP contribution in [0.5, 0.6) is 0 Å². The molecule has 0 fully saturated rings. The molecule has 0 heterocycles. The highest BCUT2D eigenvalue weighted by Gasteiger charge is 2.49. The highest BCUT2D eigenvalue weighted by Crippen LogP contribution is 2.50. The molecule has 0 bridgehead atoms. The van der Waals surface area contributed by atoms with Gasteiger partial charge in [0, 0.05) is 39.6 Å². The summed E-state index contributed by atoms with van der Waals surface area (Å²) < 4.78 is 37.8. The third kappa shape index (κ3) is 13.9. The summed E-state index contributed by atoms with van der Waals surface area (Å²) in [6.07, 6.45) is 5.70. The zero-order chi connectivity index (χ0) is 25.7. The first kappa shape index (κ1) is 35.6. The van der Waals surface area contributed by atoms with Gasteiger partial charge < -0.3 is 26.6 Å². The van der Waals surface area contributed by atoms with Crippen molar-refractivity contribution in [3.05, 3.63) is 0 Å². The fourth-order valence-corrected chi connectivity index (χ4v) is 19.6. The zero-order valence-corrected chi connectivity index (χ0v) is 28.0. The van der Waals surface area contributed by atoms with E-state index >= 15 is 0 Å². The van der Waals surface area contributed by atoms with Gasteiger partial charge in [-0.25, -0.2) is 0 Å². The van der Waals surface area contributed by atoms with Gasteiger partial charge in [-0.1, -0.05) is 63.1 Å². The Balaban J connectivity index is 5.12. The maximum absolute atomic E-state index is 6.30. The minimum atomic E-state index is -2.77. The molecule has 0 saturated carbocycles. The minimum absolute atomic E-state index is 0.136. The molecule has 0 N–H and O–H groups in total. The molecule has 0 rings (SSSR count). The van der Waals surface area contributed by atoms with E-state index in [1.807, 2.05) is 0 Å². The molecule has 0 aliphatic rings. The van der Waals surface area contributed by atoms with Crippen molar-refractivity contribution in [3.8, 4) is 0 Å². The Hall–Kier alpha value is 1.59. The van der Waals surface area contributed by atoms with E-state index in [4.69, 9.17) is 26.6 Å². The van der Waals surface area contributed by atoms with Crippen molar-refractivity contribution in [1.82, 2.24) is 0 Å². The van der Waals surface area contributed by atoms with Gasteiger partial charge in [-0.05, 0) is 72.0 Å². The smallest absolute Gasteiger partial charge is 0.373 e. The van der Waals surface area contributed by atoms with Gasteiger partial charge in [0.2, 0.25) is 0 Å². The van der Waals surface area contributed by atoms with Crippen molar-refractivity contribution < 1.29 is 26.6 Å². The summed E-state index contributed by atoms with van der Waals surface area (Å²) in [5, 5.41) is 0. The van der Waals surface area contributed by atoms with Crippen LogP contribution in [0, 0.1) is 0 Å². The normalized spacial score (nSPS) is 14.5. The highest BCUT2D eigenvalue weighted by molar-refractivity contribution is 9.26. The summed E-state index contributed by atoms with van der Waals surface area (Å²) in [6, 6.07) is 0. The van der Waals surface area contributed by atoms with E-state index in [1.54, 1.807) is 41.2 Å². The standard InChI is InChI=1S/C22H50O6S4Si2/c1-9-15-23-33(24-16-10-2,25-17-11-3)21(7)29-31-32-30-22(8)34(26-18-12-4,27-19-13-5)28-20-14-6/h21-22H,9-20H2,1-8H3. The van der Waals surface area contributed by atoms with Crippen LogP contribution in [-0.2, 0) is 26.6 Å². The SMILES string of the molecule is CCCO[Si](OCCC)(OCCC)C(C)SSSSC(C)[Si](OCCC)(OCCC)OCCC. The van der Waals surface area contributed by atoms with Crippen LogP contribution in [0.25, 0.3) is 0 Å². The van der Waals surface area contributed by atoms with Crippen molar-refractivity contribution in [2.24, 2.45) is 0 Å². The van der Waals surface area contributed by atoms with Crippen LogP contribution in [-0.4, -0.2) is 67.0 Å². The van der Waals surface area contributed by atoms with Crippen LogP contribution in [0.4, 0.5) is 0 Å². The molecule has 0 spiro atoms. The molecule has 12 heteroatoms. The second-order valence-corrected chi connectivity index (χ2v) is 21.1. The van der Waals surface area contributed by atoms with Gasteiger partial charge in [0.15, 0.2) is 0 Å². The van der Waals surface area contributed by atoms with Crippen LogP contribution < -0.4 is 0 Å². The maximum Gasteiger partial charge on any atom is 0.515 e. The lowest BCUT2D eigenvalue weighted by Gasteiger charge is -2.34. The molecule has 0 aromatic heterocycles. The van der Waals surface area contributed by atoms with Gasteiger partial charge >= 0.3 is 17.6 Å². The molecule has 0 aromatic carbocycles. The average Bonchev–Trinajstić information content (AvgIpc) is 2.85. The predicted octanol–water partition coefficient (Wildman–Crippen LogP) is 7.96. The highest BCUT2D eigenvalue weighted by atomic mass is 33.7. The van der Waals surface area contributed by atoms with Gasteiger partial charge in [-0.3, -0.25) is 0 Å². The second kappa shape index (κ2) is 22.6. The van der Waals surface area contributed by atoms with Crippen LogP contribution in [0.1, 0.15) is 93.9 Å². The van der Waals surface area contributed by atoms with Crippen molar-refractivity contribution in [2.75, 3.05) is 39.6 Å². The van der Waals surface area contributed by atoms with Gasteiger partial charge in [-0.2, -0.15) is 0 Å². The Morgan fingerprint density at radius 2 is 0.647 bits per heavy atom. The van der Waals surface area contributed by atoms with Crippen LogP contribution in [0.2, 0.25) is 0 Å². The van der Waals surface area contributed by atoms with E-state index in [0.717, 1.165) is 38.5 Å². The zero-order valence-electron chi connectivity index (χ0n) is 22.7. The second-order valence-electron chi connectivity index (χ2n) is 7.91. The Morgan fingerprint density at radius 3 is 0.824 bits per heavy atom. The Bertz CT molecular complexity index is 388. The third-order valence-corrected chi connectivity index (χ3v) is 20.1. The quantitative estimate of drug-likeness (QED) is 0.0591. The average molecular weight is 595 g/mol. The fourth-order valence-electron chi connectivity index (χ4n) is 2.69. The molecule has 2 atom stereocenters. The van der Waals surface area contributed by atoms with Crippen LogP contribution in [0.15, 0.2) is 0 Å². The molecule has 34 heavy (non-hydrogen) atoms. The summed E-state index contributed by atoms with van der Waals surface area (Å²) in [6.45, 7) is 21.1. The molecule has 2 unspecified atom stereocenters. The topological polar surface area (TPSA) is 55.4 Å². The van der Waals surface area contributed by atoms with E-state index < -0.39 is 17.6 Å². The molecule has 0 saturated heterocycles. The van der Waals surface area contributed by atoms with E-state index in [2.05, 4.69) is 55.4 Å². The molecular formula is C22H50O6S4Si2. The Labute approximate surface area is 227 Å². The largest absolute Gasteiger partial charge is 0.515 e. The van der Waals surface area contributed by atoms with Gasteiger partial charge in [0.25, 0.3) is 0 Å². The number of hydrogen-bond donors (Lipinski definition) is 0. The lowest BCUT2D eigenvalue weighted by molar-refractivity contribution is 0.0582. The monoisotopic (exact) mass is 594 g/mol. The summed E-state index contributed by atoms with van der Waals surface area (Å²) in [5.74, 6) is 0. The lowest BCUT2D eigenvalue weighted by atomic mass is 10.5. The Kier molecular flexibility index (Phi) is 23.6. The number of hydrogen-bond acceptors (Lipinski definition) is 10. The lowest BCUT2D eigenvalue weighted by Crippen LogP contribution is -2.54. The molecule has 0 aliphatic heterocycles. The van der Waals surface area contributed by atoms with Gasteiger partial charge in [-0.15, -0.1) is 0 Å². The third-order valence-electron chi connectivity index (χ3n) is 4.44. The van der Waals surface area contributed by atoms with E-state index in [-0.39, 0.29) is 9.75 Å². The maximum atomic E-state index is 6.30. The predicted molar refractivity (Wildman–Crippen MR) is 158 cm³/mol. The van der Waals surface area contributed by atoms with Crippen LogP contribution in [0.3, 0.4) is 0 Å². The van der Waals surface area contributed by atoms with E-state index in [0.29, 0.717) is 39.6 Å². The van der Waals surface area contributed by atoms with E-state index in [1.165, 1.54) is 0 Å². The minimum Gasteiger partial charge on any atom is -0.373 e. The molecule has 6 nitrogen and oxygen atoms in total. The fraction of sp³-hybridized carbons (Fsp3) is 1.00. The first-order chi connectivity index (χ1) is 16.4. The van der Waals surface area contributed by atoms with Gasteiger partial charge in [0.05, 0.1) is 9.75 Å². The molecule has 0 amide bonds. The molecule has 0 aliphatic carbocycles. The summed E-state index contributed by atoms with van der Waals surface area (Å²) in [5.41, 5.74) is 0. The Morgan fingerprint density at radius 1 is 0.441 bits per heavy atom. The van der Waals surface area contributed by atoms with Gasteiger partial charge in [0.1, 0.15) is 0 Å².